The zero-order valence-corrected chi connectivity index (χ0v) is 15.5. The maximum atomic E-state index is 13.6. The number of hydrogen-bond donors (Lipinski definition) is 0. The van der Waals surface area contributed by atoms with E-state index in [0.29, 0.717) is 0 Å². The Kier molecular flexibility index (Phi) is 4.11. The standard InChI is InChI=1S/C22H24F2N2/c1-15-6-11-21-18(13-15)19-14-25(3)12-4-5-20(19)26(21)17-9-7-16(8-10-17)22(2,23)24/h6-11,13H,4-5,12,14H2,1-3H3. The highest BCUT2D eigenvalue weighted by Gasteiger charge is 2.25. The van der Waals surface area contributed by atoms with Gasteiger partial charge in [-0.3, -0.25) is 0 Å². The van der Waals surface area contributed by atoms with Gasteiger partial charge in [0.05, 0.1) is 5.52 Å². The summed E-state index contributed by atoms with van der Waals surface area (Å²) in [6.07, 6.45) is 2.10. The Morgan fingerprint density at radius 2 is 1.77 bits per heavy atom. The van der Waals surface area contributed by atoms with Crippen LogP contribution in [0, 0.1) is 6.92 Å². The molecule has 1 aliphatic rings. The molecule has 0 atom stereocenters. The number of benzene rings is 2. The van der Waals surface area contributed by atoms with Gasteiger partial charge in [0.2, 0.25) is 0 Å². The van der Waals surface area contributed by atoms with Gasteiger partial charge in [-0.05, 0) is 63.2 Å². The van der Waals surface area contributed by atoms with Gasteiger partial charge < -0.3 is 9.47 Å². The molecule has 0 aliphatic carbocycles. The fourth-order valence-electron chi connectivity index (χ4n) is 4.02. The van der Waals surface area contributed by atoms with E-state index in [1.54, 1.807) is 12.1 Å². The van der Waals surface area contributed by atoms with Gasteiger partial charge in [-0.25, -0.2) is 8.78 Å². The molecular formula is C22H24F2N2. The SMILES string of the molecule is Cc1ccc2c(c1)c1c(n2-c2ccc(C(C)(F)F)cc2)CCCN(C)C1. The van der Waals surface area contributed by atoms with Crippen LogP contribution in [0.4, 0.5) is 8.78 Å². The molecule has 0 radical (unpaired) electrons. The first-order valence-corrected chi connectivity index (χ1v) is 9.14. The molecule has 2 nitrogen and oxygen atoms in total. The lowest BCUT2D eigenvalue weighted by atomic mass is 10.1. The minimum Gasteiger partial charge on any atom is -0.313 e. The van der Waals surface area contributed by atoms with E-state index in [1.807, 2.05) is 12.1 Å². The first-order chi connectivity index (χ1) is 12.3. The highest BCUT2D eigenvalue weighted by atomic mass is 19.3. The number of aryl methyl sites for hydroxylation is 1. The Hall–Kier alpha value is -2.20. The third kappa shape index (κ3) is 2.92. The monoisotopic (exact) mass is 354 g/mol. The molecule has 3 aromatic rings. The van der Waals surface area contributed by atoms with Gasteiger partial charge >= 0.3 is 0 Å². The van der Waals surface area contributed by atoms with E-state index in [2.05, 4.69) is 41.6 Å². The Morgan fingerprint density at radius 3 is 2.46 bits per heavy atom. The van der Waals surface area contributed by atoms with Gasteiger partial charge in [0.25, 0.3) is 5.92 Å². The maximum absolute atomic E-state index is 13.6. The topological polar surface area (TPSA) is 8.17 Å². The second-order valence-corrected chi connectivity index (χ2v) is 7.56. The number of hydrogen-bond acceptors (Lipinski definition) is 1. The summed E-state index contributed by atoms with van der Waals surface area (Å²) in [7, 11) is 2.16. The highest BCUT2D eigenvalue weighted by Crippen LogP contribution is 2.34. The van der Waals surface area contributed by atoms with Gasteiger partial charge in [0.15, 0.2) is 0 Å². The van der Waals surface area contributed by atoms with E-state index in [4.69, 9.17) is 0 Å². The smallest absolute Gasteiger partial charge is 0.270 e. The maximum Gasteiger partial charge on any atom is 0.270 e. The summed E-state index contributed by atoms with van der Waals surface area (Å²) in [4.78, 5) is 2.36. The van der Waals surface area contributed by atoms with Gasteiger partial charge in [-0.2, -0.15) is 0 Å². The Morgan fingerprint density at radius 1 is 1.04 bits per heavy atom. The number of nitrogens with zero attached hydrogens (tertiary/aromatic N) is 2. The summed E-state index contributed by atoms with van der Waals surface area (Å²) >= 11 is 0. The molecule has 0 saturated carbocycles. The molecule has 0 saturated heterocycles. The quantitative estimate of drug-likeness (QED) is 0.596. The Labute approximate surface area is 153 Å². The fraction of sp³-hybridized carbons (Fsp3) is 0.364. The number of aromatic nitrogens is 1. The highest BCUT2D eigenvalue weighted by molar-refractivity contribution is 5.88. The molecule has 0 amide bonds. The predicted molar refractivity (Wildman–Crippen MR) is 102 cm³/mol. The third-order valence-corrected chi connectivity index (χ3v) is 5.35. The summed E-state index contributed by atoms with van der Waals surface area (Å²) < 4.78 is 29.4. The summed E-state index contributed by atoms with van der Waals surface area (Å²) in [5.74, 6) is -2.81. The van der Waals surface area contributed by atoms with Gasteiger partial charge in [0.1, 0.15) is 0 Å². The zero-order chi connectivity index (χ0) is 18.5. The van der Waals surface area contributed by atoms with Crippen molar-refractivity contribution in [1.29, 1.82) is 0 Å². The van der Waals surface area contributed by atoms with E-state index in [0.717, 1.165) is 44.1 Å². The normalized spacial score (nSPS) is 15.9. The average Bonchev–Trinajstić information content (AvgIpc) is 2.74. The van der Waals surface area contributed by atoms with Crippen molar-refractivity contribution in [3.8, 4) is 5.69 Å². The summed E-state index contributed by atoms with van der Waals surface area (Å²) in [5.41, 5.74) is 6.09. The molecule has 2 heterocycles. The first-order valence-electron chi connectivity index (χ1n) is 9.14. The first kappa shape index (κ1) is 17.2. The second kappa shape index (κ2) is 6.20. The molecule has 0 N–H and O–H groups in total. The minimum atomic E-state index is -2.81. The molecule has 4 heteroatoms. The van der Waals surface area contributed by atoms with Crippen molar-refractivity contribution in [2.24, 2.45) is 0 Å². The molecule has 0 bridgehead atoms. The van der Waals surface area contributed by atoms with Crippen molar-refractivity contribution in [3.63, 3.8) is 0 Å². The minimum absolute atomic E-state index is 0.0550. The fourth-order valence-corrected chi connectivity index (χ4v) is 4.02. The van der Waals surface area contributed by atoms with Crippen LogP contribution in [0.15, 0.2) is 42.5 Å². The largest absolute Gasteiger partial charge is 0.313 e. The summed E-state index contributed by atoms with van der Waals surface area (Å²) in [6.45, 7) is 5.05. The number of fused-ring (bicyclic) bond motifs is 3. The molecule has 0 unspecified atom stereocenters. The molecule has 1 aromatic heterocycles. The van der Waals surface area contributed by atoms with Crippen LogP contribution in [0.3, 0.4) is 0 Å². The van der Waals surface area contributed by atoms with Crippen molar-refractivity contribution in [2.45, 2.75) is 39.2 Å². The lowest BCUT2D eigenvalue weighted by Crippen LogP contribution is -2.17. The van der Waals surface area contributed by atoms with Crippen LogP contribution >= 0.6 is 0 Å². The van der Waals surface area contributed by atoms with E-state index < -0.39 is 5.92 Å². The molecule has 136 valence electrons. The van der Waals surface area contributed by atoms with Gasteiger partial charge in [0, 0.05) is 35.8 Å². The second-order valence-electron chi connectivity index (χ2n) is 7.56. The van der Waals surface area contributed by atoms with Crippen LogP contribution in [0.2, 0.25) is 0 Å². The molecule has 4 rings (SSSR count). The number of alkyl halides is 2. The molecule has 26 heavy (non-hydrogen) atoms. The lowest BCUT2D eigenvalue weighted by Gasteiger charge is -2.14. The third-order valence-electron chi connectivity index (χ3n) is 5.35. The van der Waals surface area contributed by atoms with Crippen LogP contribution in [0.1, 0.15) is 35.7 Å². The van der Waals surface area contributed by atoms with Crippen LogP contribution in [-0.4, -0.2) is 23.1 Å². The van der Waals surface area contributed by atoms with Crippen LogP contribution < -0.4 is 0 Å². The molecule has 2 aromatic carbocycles. The molecule has 1 aliphatic heterocycles. The van der Waals surface area contributed by atoms with E-state index in [1.165, 1.54) is 22.2 Å². The predicted octanol–water partition coefficient (Wildman–Crippen LogP) is 5.43. The van der Waals surface area contributed by atoms with E-state index in [9.17, 15) is 8.78 Å². The van der Waals surface area contributed by atoms with Crippen molar-refractivity contribution in [2.75, 3.05) is 13.6 Å². The van der Waals surface area contributed by atoms with E-state index >= 15 is 0 Å². The summed E-state index contributed by atoms with van der Waals surface area (Å²) in [5, 5.41) is 1.28. The van der Waals surface area contributed by atoms with Crippen molar-refractivity contribution in [3.05, 3.63) is 64.8 Å². The molecular weight excluding hydrogens is 330 g/mol. The number of rotatable bonds is 2. The van der Waals surface area contributed by atoms with Crippen LogP contribution in [0.25, 0.3) is 16.6 Å². The Bertz CT molecular complexity index is 949. The number of halogens is 2. The van der Waals surface area contributed by atoms with Crippen molar-refractivity contribution in [1.82, 2.24) is 9.47 Å². The van der Waals surface area contributed by atoms with Crippen LogP contribution in [-0.2, 0) is 18.9 Å². The Balaban J connectivity index is 1.93. The zero-order valence-electron chi connectivity index (χ0n) is 15.5. The molecule has 0 spiro atoms. The van der Waals surface area contributed by atoms with Gasteiger partial charge in [-0.1, -0.05) is 23.8 Å². The van der Waals surface area contributed by atoms with Crippen molar-refractivity contribution < 1.29 is 8.78 Å². The lowest BCUT2D eigenvalue weighted by molar-refractivity contribution is 0.0175. The van der Waals surface area contributed by atoms with Crippen molar-refractivity contribution >= 4 is 10.9 Å². The van der Waals surface area contributed by atoms with Crippen LogP contribution in [0.5, 0.6) is 0 Å². The molecule has 0 fully saturated rings. The summed E-state index contributed by atoms with van der Waals surface area (Å²) in [6, 6.07) is 13.3. The average molecular weight is 354 g/mol. The van der Waals surface area contributed by atoms with Gasteiger partial charge in [-0.15, -0.1) is 0 Å². The van der Waals surface area contributed by atoms with E-state index in [-0.39, 0.29) is 5.56 Å².